The zero-order valence-electron chi connectivity index (χ0n) is 14.4. The molecule has 0 radical (unpaired) electrons. The summed E-state index contributed by atoms with van der Waals surface area (Å²) < 4.78 is 20.6. The number of pyridine rings is 1. The van der Waals surface area contributed by atoms with E-state index in [2.05, 4.69) is 4.98 Å². The fraction of sp³-hybridized carbons (Fsp3) is 0.263. The monoisotopic (exact) mass is 376 g/mol. The number of fused-ring (bicyclic) bond motifs is 1. The van der Waals surface area contributed by atoms with Crippen molar-refractivity contribution in [1.82, 2.24) is 9.55 Å². The molecular weight excluding hydrogens is 359 g/mol. The number of benzene rings is 1. The number of carbonyl (C=O) groups is 1. The van der Waals surface area contributed by atoms with Crippen LogP contribution in [0.4, 0.5) is 4.39 Å². The Morgan fingerprint density at radius 1 is 1.31 bits per heavy atom. The van der Waals surface area contributed by atoms with E-state index in [0.29, 0.717) is 12.1 Å². The average molecular weight is 377 g/mol. The Morgan fingerprint density at radius 3 is 2.77 bits per heavy atom. The third kappa shape index (κ3) is 3.37. The minimum atomic E-state index is -0.509. The number of ether oxygens (including phenoxy) is 1. The summed E-state index contributed by atoms with van der Waals surface area (Å²) in [6.07, 6.45) is 3.79. The first-order chi connectivity index (χ1) is 12.4. The molecule has 0 aliphatic carbocycles. The van der Waals surface area contributed by atoms with E-state index in [1.807, 2.05) is 17.7 Å². The van der Waals surface area contributed by atoms with Crippen LogP contribution in [0.2, 0.25) is 5.02 Å². The maximum absolute atomic E-state index is 13.6. The van der Waals surface area contributed by atoms with Gasteiger partial charge in [-0.25, -0.2) is 14.2 Å². The SMILES string of the molecule is CCOC(=O)c1cc2c(cn1)c(Cc1cc(F)cc(Cl)c1O)cn2CC. The first-order valence-electron chi connectivity index (χ1n) is 8.26. The van der Waals surface area contributed by atoms with Crippen LogP contribution in [0.15, 0.2) is 30.6 Å². The van der Waals surface area contributed by atoms with E-state index in [9.17, 15) is 14.3 Å². The number of nitrogens with zero attached hydrogens (tertiary/aromatic N) is 2. The van der Waals surface area contributed by atoms with Crippen molar-refractivity contribution in [2.75, 3.05) is 6.61 Å². The molecule has 3 rings (SSSR count). The van der Waals surface area contributed by atoms with Gasteiger partial charge in [-0.15, -0.1) is 0 Å². The number of rotatable bonds is 5. The molecule has 2 aromatic heterocycles. The zero-order valence-corrected chi connectivity index (χ0v) is 15.2. The number of hydrogen-bond acceptors (Lipinski definition) is 4. The quantitative estimate of drug-likeness (QED) is 0.673. The lowest BCUT2D eigenvalue weighted by Gasteiger charge is -2.06. The van der Waals surface area contributed by atoms with Crippen LogP contribution in [0.25, 0.3) is 10.9 Å². The number of hydrogen-bond donors (Lipinski definition) is 1. The summed E-state index contributed by atoms with van der Waals surface area (Å²) >= 11 is 5.86. The molecule has 0 saturated heterocycles. The van der Waals surface area contributed by atoms with E-state index in [4.69, 9.17) is 16.3 Å². The minimum absolute atomic E-state index is 0.0260. The van der Waals surface area contributed by atoms with Crippen LogP contribution >= 0.6 is 11.6 Å². The van der Waals surface area contributed by atoms with Crippen molar-refractivity contribution >= 4 is 28.5 Å². The van der Waals surface area contributed by atoms with Gasteiger partial charge in [0.1, 0.15) is 17.3 Å². The number of esters is 1. The van der Waals surface area contributed by atoms with Crippen molar-refractivity contribution in [2.24, 2.45) is 0 Å². The Bertz CT molecular complexity index is 985. The Balaban J connectivity index is 2.06. The van der Waals surface area contributed by atoms with Gasteiger partial charge in [0.2, 0.25) is 0 Å². The maximum Gasteiger partial charge on any atom is 0.356 e. The minimum Gasteiger partial charge on any atom is -0.506 e. The topological polar surface area (TPSA) is 64.3 Å². The van der Waals surface area contributed by atoms with Gasteiger partial charge in [0, 0.05) is 36.3 Å². The summed E-state index contributed by atoms with van der Waals surface area (Å²) in [6, 6.07) is 4.01. The maximum atomic E-state index is 13.6. The number of phenolic OH excluding ortho intramolecular Hbond substituents is 1. The fourth-order valence-corrected chi connectivity index (χ4v) is 3.16. The predicted molar refractivity (Wildman–Crippen MR) is 97.2 cm³/mol. The molecule has 1 N–H and O–H groups in total. The van der Waals surface area contributed by atoms with Crippen molar-refractivity contribution in [3.63, 3.8) is 0 Å². The molecular formula is C19H18ClFN2O3. The predicted octanol–water partition coefficient (Wildman–Crippen LogP) is 4.32. The molecule has 136 valence electrons. The molecule has 0 fully saturated rings. The van der Waals surface area contributed by atoms with Gasteiger partial charge in [-0.1, -0.05) is 11.6 Å². The summed E-state index contributed by atoms with van der Waals surface area (Å²) in [5.74, 6) is -1.12. The van der Waals surface area contributed by atoms with Crippen LogP contribution in [0.5, 0.6) is 5.75 Å². The van der Waals surface area contributed by atoms with Crippen LogP contribution in [-0.2, 0) is 17.7 Å². The lowest BCUT2D eigenvalue weighted by Crippen LogP contribution is -2.07. The summed E-state index contributed by atoms with van der Waals surface area (Å²) in [6.45, 7) is 4.67. The summed E-state index contributed by atoms with van der Waals surface area (Å²) in [5.41, 5.74) is 2.29. The molecule has 7 heteroatoms. The second-order valence-electron chi connectivity index (χ2n) is 5.82. The molecule has 1 aromatic carbocycles. The molecule has 0 saturated carbocycles. The highest BCUT2D eigenvalue weighted by atomic mass is 35.5. The third-order valence-corrected chi connectivity index (χ3v) is 4.45. The van der Waals surface area contributed by atoms with E-state index < -0.39 is 11.8 Å². The number of carbonyl (C=O) groups excluding carboxylic acids is 1. The van der Waals surface area contributed by atoms with Gasteiger partial charge in [0.15, 0.2) is 0 Å². The Labute approximate surface area is 155 Å². The van der Waals surface area contributed by atoms with Crippen LogP contribution in [-0.4, -0.2) is 27.2 Å². The normalized spacial score (nSPS) is 11.1. The molecule has 0 unspecified atom stereocenters. The lowest BCUT2D eigenvalue weighted by atomic mass is 10.0. The highest BCUT2D eigenvalue weighted by Gasteiger charge is 2.16. The summed E-state index contributed by atoms with van der Waals surface area (Å²) in [5, 5.41) is 10.9. The summed E-state index contributed by atoms with van der Waals surface area (Å²) in [4.78, 5) is 16.1. The second-order valence-corrected chi connectivity index (χ2v) is 6.23. The molecule has 0 spiro atoms. The first-order valence-corrected chi connectivity index (χ1v) is 8.64. The number of aromatic hydroxyl groups is 1. The van der Waals surface area contributed by atoms with E-state index in [0.717, 1.165) is 22.5 Å². The third-order valence-electron chi connectivity index (χ3n) is 4.16. The van der Waals surface area contributed by atoms with Gasteiger partial charge < -0.3 is 14.4 Å². The molecule has 3 aromatic rings. The molecule has 0 bridgehead atoms. The van der Waals surface area contributed by atoms with E-state index in [1.165, 1.54) is 6.07 Å². The highest BCUT2D eigenvalue weighted by molar-refractivity contribution is 6.32. The number of aryl methyl sites for hydroxylation is 1. The van der Waals surface area contributed by atoms with E-state index in [-0.39, 0.29) is 29.5 Å². The van der Waals surface area contributed by atoms with Crippen LogP contribution in [0.3, 0.4) is 0 Å². The molecule has 0 aliphatic rings. The highest BCUT2D eigenvalue weighted by Crippen LogP contribution is 2.32. The van der Waals surface area contributed by atoms with Gasteiger partial charge in [-0.3, -0.25) is 0 Å². The van der Waals surface area contributed by atoms with Crippen molar-refractivity contribution in [1.29, 1.82) is 0 Å². The summed E-state index contributed by atoms with van der Waals surface area (Å²) in [7, 11) is 0. The molecule has 0 aliphatic heterocycles. The number of phenols is 1. The molecule has 26 heavy (non-hydrogen) atoms. The van der Waals surface area contributed by atoms with E-state index in [1.54, 1.807) is 19.2 Å². The molecule has 0 amide bonds. The number of halogens is 2. The van der Waals surface area contributed by atoms with Crippen molar-refractivity contribution in [2.45, 2.75) is 26.8 Å². The second kappa shape index (κ2) is 7.33. The average Bonchev–Trinajstić information content (AvgIpc) is 2.96. The number of aromatic nitrogens is 2. The molecule has 0 atom stereocenters. The van der Waals surface area contributed by atoms with Crippen LogP contribution < -0.4 is 0 Å². The van der Waals surface area contributed by atoms with Gasteiger partial charge in [-0.05, 0) is 37.6 Å². The zero-order chi connectivity index (χ0) is 18.8. The van der Waals surface area contributed by atoms with Gasteiger partial charge in [-0.2, -0.15) is 0 Å². The first kappa shape index (κ1) is 18.2. The van der Waals surface area contributed by atoms with Gasteiger partial charge in [0.05, 0.1) is 17.1 Å². The van der Waals surface area contributed by atoms with Crippen LogP contribution in [0.1, 0.15) is 35.5 Å². The smallest absolute Gasteiger partial charge is 0.356 e. The molecule has 5 nitrogen and oxygen atoms in total. The standard InChI is InChI=1S/C19H18ClFN2O3/c1-3-23-10-12(5-11-6-13(21)7-15(20)18(11)24)14-9-22-16(8-17(14)23)19(25)26-4-2/h6-10,24H,3-5H2,1-2H3. The largest absolute Gasteiger partial charge is 0.506 e. The Morgan fingerprint density at radius 2 is 2.08 bits per heavy atom. The Kier molecular flexibility index (Phi) is 5.13. The van der Waals surface area contributed by atoms with Crippen molar-refractivity contribution in [3.8, 4) is 5.75 Å². The van der Waals surface area contributed by atoms with Crippen molar-refractivity contribution in [3.05, 3.63) is 58.3 Å². The van der Waals surface area contributed by atoms with Gasteiger partial charge >= 0.3 is 5.97 Å². The Hall–Kier alpha value is -2.60. The molecule has 2 heterocycles. The fourth-order valence-electron chi connectivity index (χ4n) is 2.94. The lowest BCUT2D eigenvalue weighted by molar-refractivity contribution is 0.0519. The van der Waals surface area contributed by atoms with Gasteiger partial charge in [0.25, 0.3) is 0 Å². The van der Waals surface area contributed by atoms with E-state index >= 15 is 0 Å². The van der Waals surface area contributed by atoms with Crippen LogP contribution in [0, 0.1) is 5.82 Å². The van der Waals surface area contributed by atoms with Crippen molar-refractivity contribution < 1.29 is 19.0 Å².